The molecule has 0 spiro atoms. The number of aliphatic hydroxyl groups excluding tert-OH is 1. The van der Waals surface area contributed by atoms with Gasteiger partial charge >= 0.3 is 5.12 Å². The lowest BCUT2D eigenvalue weighted by Crippen LogP contribution is -2.47. The zero-order chi connectivity index (χ0) is 20.2. The molecule has 144 valence electrons. The quantitative estimate of drug-likeness (QED) is 0.409. The Kier molecular flexibility index (Phi) is 5.86. The molecular formula is C16H15FN2O7S. The van der Waals surface area contributed by atoms with Gasteiger partial charge in [0.25, 0.3) is 15.5 Å². The summed E-state index contributed by atoms with van der Waals surface area (Å²) >= 11 is 0. The third-order valence-corrected chi connectivity index (χ3v) is 6.11. The summed E-state index contributed by atoms with van der Waals surface area (Å²) in [6.45, 7) is -0.731. The Bertz CT molecular complexity index is 935. The molecule has 0 heterocycles. The highest BCUT2D eigenvalue weighted by atomic mass is 32.2. The molecule has 1 N–H and O–H groups in total. The highest BCUT2D eigenvalue weighted by Gasteiger charge is 2.63. The fourth-order valence-corrected chi connectivity index (χ4v) is 4.36. The van der Waals surface area contributed by atoms with Crippen LogP contribution in [0, 0.1) is 20.2 Å². The van der Waals surface area contributed by atoms with E-state index in [9.17, 15) is 33.8 Å². The molecule has 0 aliphatic carbocycles. The van der Waals surface area contributed by atoms with E-state index in [1.165, 1.54) is 18.2 Å². The van der Waals surface area contributed by atoms with Crippen LogP contribution < -0.4 is 0 Å². The number of sulfone groups is 1. The van der Waals surface area contributed by atoms with Crippen molar-refractivity contribution in [3.63, 3.8) is 0 Å². The van der Waals surface area contributed by atoms with E-state index in [0.29, 0.717) is 0 Å². The predicted octanol–water partition coefficient (Wildman–Crippen LogP) is 2.43. The lowest BCUT2D eigenvalue weighted by atomic mass is 9.94. The first-order valence-corrected chi connectivity index (χ1v) is 9.13. The Hall–Kier alpha value is -2.92. The van der Waals surface area contributed by atoms with Crippen LogP contribution in [0.4, 0.5) is 10.1 Å². The van der Waals surface area contributed by atoms with E-state index in [-0.39, 0.29) is 11.3 Å². The number of nitro benzene ring substituents is 1. The van der Waals surface area contributed by atoms with Crippen LogP contribution in [0.3, 0.4) is 0 Å². The number of nitrogens with zero attached hydrogens (tertiary/aromatic N) is 2. The maximum Gasteiger partial charge on any atom is 0.469 e. The number of nitro groups is 2. The van der Waals surface area contributed by atoms with Gasteiger partial charge in [0.05, 0.1) is 14.7 Å². The van der Waals surface area contributed by atoms with Crippen molar-refractivity contribution in [3.05, 3.63) is 80.4 Å². The highest BCUT2D eigenvalue weighted by molar-refractivity contribution is 7.92. The molecule has 2 aromatic carbocycles. The number of rotatable bonds is 8. The van der Waals surface area contributed by atoms with E-state index >= 15 is 4.39 Å². The Labute approximate surface area is 153 Å². The molecule has 0 aliphatic rings. The summed E-state index contributed by atoms with van der Waals surface area (Å²) in [7, 11) is -5.11. The lowest BCUT2D eigenvalue weighted by Gasteiger charge is -2.26. The lowest BCUT2D eigenvalue weighted by molar-refractivity contribution is -0.579. The maximum atomic E-state index is 15.6. The number of hydrogen-bond donors (Lipinski definition) is 1. The van der Waals surface area contributed by atoms with Crippen LogP contribution in [-0.4, -0.2) is 35.1 Å². The van der Waals surface area contributed by atoms with Crippen molar-refractivity contribution in [2.24, 2.45) is 0 Å². The van der Waals surface area contributed by atoms with Crippen LogP contribution in [0.2, 0.25) is 0 Å². The van der Waals surface area contributed by atoms with E-state index in [1.807, 2.05) is 0 Å². The first kappa shape index (κ1) is 20.4. The van der Waals surface area contributed by atoms with Gasteiger partial charge in [-0.05, 0) is 24.1 Å². The summed E-state index contributed by atoms with van der Waals surface area (Å²) in [5.74, 6) is -1.89. The average Bonchev–Trinajstić information content (AvgIpc) is 2.66. The summed E-state index contributed by atoms with van der Waals surface area (Å²) in [5.41, 5.74) is -0.508. The summed E-state index contributed by atoms with van der Waals surface area (Å²) in [5, 5.41) is 27.6. The van der Waals surface area contributed by atoms with Crippen molar-refractivity contribution in [3.8, 4) is 0 Å². The number of benzene rings is 2. The zero-order valence-electron chi connectivity index (χ0n) is 13.8. The highest BCUT2D eigenvalue weighted by Crippen LogP contribution is 2.42. The monoisotopic (exact) mass is 398 g/mol. The molecule has 0 bridgehead atoms. The molecule has 0 amide bonds. The van der Waals surface area contributed by atoms with Crippen molar-refractivity contribution in [1.82, 2.24) is 0 Å². The van der Waals surface area contributed by atoms with Crippen molar-refractivity contribution in [2.45, 2.75) is 22.4 Å². The Morgan fingerprint density at radius 3 is 2.04 bits per heavy atom. The van der Waals surface area contributed by atoms with Gasteiger partial charge in [0, 0.05) is 18.7 Å². The number of non-ortho nitro benzene ring substituents is 1. The smallest absolute Gasteiger partial charge is 0.396 e. The molecule has 11 heteroatoms. The van der Waals surface area contributed by atoms with Crippen LogP contribution in [0.15, 0.2) is 59.5 Å². The van der Waals surface area contributed by atoms with Crippen LogP contribution >= 0.6 is 0 Å². The summed E-state index contributed by atoms with van der Waals surface area (Å²) in [4.78, 5) is 19.5. The molecule has 2 rings (SSSR count). The molecule has 0 unspecified atom stereocenters. The number of halogens is 1. The fraction of sp³-hybridized carbons (Fsp3) is 0.250. The van der Waals surface area contributed by atoms with Crippen molar-refractivity contribution in [2.75, 3.05) is 6.61 Å². The predicted molar refractivity (Wildman–Crippen MR) is 92.0 cm³/mol. The molecule has 9 nitrogen and oxygen atoms in total. The van der Waals surface area contributed by atoms with Crippen molar-refractivity contribution < 1.29 is 27.8 Å². The van der Waals surface area contributed by atoms with Crippen LogP contribution in [0.5, 0.6) is 0 Å². The molecule has 0 radical (unpaired) electrons. The van der Waals surface area contributed by atoms with E-state index in [4.69, 9.17) is 0 Å². The maximum absolute atomic E-state index is 15.6. The van der Waals surface area contributed by atoms with Gasteiger partial charge in [0.1, 0.15) is 5.92 Å². The van der Waals surface area contributed by atoms with Crippen molar-refractivity contribution in [1.29, 1.82) is 0 Å². The van der Waals surface area contributed by atoms with Crippen LogP contribution in [-0.2, 0) is 9.84 Å². The van der Waals surface area contributed by atoms with Crippen LogP contribution in [0.25, 0.3) is 0 Å². The topological polar surface area (TPSA) is 141 Å². The molecule has 2 atom stereocenters. The minimum absolute atomic E-state index is 0.159. The van der Waals surface area contributed by atoms with Gasteiger partial charge in [-0.25, -0.2) is 8.42 Å². The Morgan fingerprint density at radius 1 is 1.04 bits per heavy atom. The second-order valence-electron chi connectivity index (χ2n) is 5.60. The minimum atomic E-state index is -5.11. The molecule has 27 heavy (non-hydrogen) atoms. The molecule has 2 aromatic rings. The van der Waals surface area contributed by atoms with E-state index in [1.54, 1.807) is 0 Å². The van der Waals surface area contributed by atoms with E-state index in [0.717, 1.165) is 36.4 Å². The van der Waals surface area contributed by atoms with Crippen molar-refractivity contribution >= 4 is 15.5 Å². The normalized spacial score (nSPS) is 14.9. The van der Waals surface area contributed by atoms with Gasteiger partial charge in [-0.2, -0.15) is 0 Å². The summed E-state index contributed by atoms with van der Waals surface area (Å²) in [6.07, 6.45) is -0.582. The third-order valence-electron chi connectivity index (χ3n) is 4.03. The first-order chi connectivity index (χ1) is 12.7. The van der Waals surface area contributed by atoms with E-state index < -0.39 is 48.6 Å². The van der Waals surface area contributed by atoms with Gasteiger partial charge in [0.15, 0.2) is 0 Å². The second kappa shape index (κ2) is 7.76. The second-order valence-corrected chi connectivity index (χ2v) is 7.65. The number of aliphatic hydroxyl groups is 1. The SMILES string of the molecule is O=[N+]([O-])c1ccc([C@H](CCO)[C@](F)([N+](=O)[O-])S(=O)(=O)c2ccccc2)cc1. The molecule has 0 saturated heterocycles. The molecule has 0 fully saturated rings. The first-order valence-electron chi connectivity index (χ1n) is 7.64. The van der Waals surface area contributed by atoms with Gasteiger partial charge in [-0.3, -0.25) is 20.2 Å². The van der Waals surface area contributed by atoms with Gasteiger partial charge < -0.3 is 5.11 Å². The number of alkyl halides is 1. The molecular weight excluding hydrogens is 383 g/mol. The Morgan fingerprint density at radius 2 is 1.59 bits per heavy atom. The van der Waals surface area contributed by atoms with E-state index in [2.05, 4.69) is 0 Å². The molecule has 0 aliphatic heterocycles. The van der Waals surface area contributed by atoms with Gasteiger partial charge in [0.2, 0.25) is 0 Å². The summed E-state index contributed by atoms with van der Waals surface area (Å²) in [6, 6.07) is 10.1. The zero-order valence-corrected chi connectivity index (χ0v) is 14.6. The standard InChI is InChI=1S/C16H15FN2O7S/c17-16(19(23)24,27(25,26)14-4-2-1-3-5-14)15(10-11-20)12-6-8-13(9-7-12)18(21)22/h1-9,15,20H,10-11H2/t15-,16-/m0/s1. The Balaban J connectivity index is 2.65. The average molecular weight is 398 g/mol. The molecule has 0 aromatic heterocycles. The summed E-state index contributed by atoms with van der Waals surface area (Å²) < 4.78 is 41.1. The van der Waals surface area contributed by atoms with Gasteiger partial charge in [-0.15, -0.1) is 4.39 Å². The number of hydrogen-bond acceptors (Lipinski definition) is 7. The third kappa shape index (κ3) is 3.64. The molecule has 0 saturated carbocycles. The minimum Gasteiger partial charge on any atom is -0.396 e. The van der Waals surface area contributed by atoms with Gasteiger partial charge in [-0.1, -0.05) is 30.3 Å². The fourth-order valence-electron chi connectivity index (χ4n) is 2.69. The van der Waals surface area contributed by atoms with Crippen LogP contribution in [0.1, 0.15) is 17.9 Å². The largest absolute Gasteiger partial charge is 0.469 e.